The van der Waals surface area contributed by atoms with Crippen LogP contribution in [0.1, 0.15) is 25.7 Å². The Morgan fingerprint density at radius 2 is 1.78 bits per heavy atom. The lowest BCUT2D eigenvalue weighted by Crippen LogP contribution is -2.02. The molecule has 0 amide bonds. The van der Waals surface area contributed by atoms with Crippen LogP contribution in [0.2, 0.25) is 0 Å². The number of nitrogens with zero attached hydrogens (tertiary/aromatic N) is 4. The number of nitrogens with one attached hydrogen (secondary N) is 1. The van der Waals surface area contributed by atoms with Gasteiger partial charge in [-0.2, -0.15) is 0 Å². The minimum atomic E-state index is 0.445. The van der Waals surface area contributed by atoms with Crippen LogP contribution in [0.5, 0.6) is 0 Å². The molecule has 0 aliphatic carbocycles. The van der Waals surface area contributed by atoms with Crippen LogP contribution in [0.25, 0.3) is 11.2 Å². The molecule has 0 saturated carbocycles. The molecule has 2 heterocycles. The highest BCUT2D eigenvalue weighted by Gasteiger charge is 2.06. The van der Waals surface area contributed by atoms with Gasteiger partial charge in [-0.3, -0.25) is 0 Å². The van der Waals surface area contributed by atoms with E-state index >= 15 is 0 Å². The van der Waals surface area contributed by atoms with Crippen molar-refractivity contribution in [3.05, 3.63) is 43.0 Å². The lowest BCUT2D eigenvalue weighted by Gasteiger charge is -2.06. The number of rotatable bonds is 8. The number of benzene rings is 1. The van der Waals surface area contributed by atoms with Gasteiger partial charge in [-0.05, 0) is 25.0 Å². The fourth-order valence-corrected chi connectivity index (χ4v) is 2.61. The molecule has 120 valence electrons. The molecule has 3 N–H and O–H groups in total. The molecule has 0 spiro atoms. The summed E-state index contributed by atoms with van der Waals surface area (Å²) in [6.07, 6.45) is 7.98. The first-order valence-corrected chi connectivity index (χ1v) is 8.05. The highest BCUT2D eigenvalue weighted by molar-refractivity contribution is 5.80. The fraction of sp³-hybridized carbons (Fsp3) is 0.353. The molecular formula is C17H22N6. The standard InChI is InChI=1S/C17H22N6/c18-16-15-17(21-12-20-16)23(13-22-15)11-7-2-1-6-10-19-14-8-4-3-5-9-14/h3-5,8-9,12-13,19H,1-2,6-7,10-11H2,(H2,18,20,21). The van der Waals surface area contributed by atoms with E-state index in [0.29, 0.717) is 11.3 Å². The van der Waals surface area contributed by atoms with Crippen molar-refractivity contribution in [1.29, 1.82) is 0 Å². The zero-order valence-electron chi connectivity index (χ0n) is 13.2. The van der Waals surface area contributed by atoms with Gasteiger partial charge < -0.3 is 15.6 Å². The zero-order chi connectivity index (χ0) is 15.9. The molecule has 6 nitrogen and oxygen atoms in total. The van der Waals surface area contributed by atoms with Gasteiger partial charge in [0.05, 0.1) is 6.33 Å². The summed E-state index contributed by atoms with van der Waals surface area (Å²) in [7, 11) is 0. The second-order valence-corrected chi connectivity index (χ2v) is 5.58. The molecule has 6 heteroatoms. The molecule has 0 atom stereocenters. The average Bonchev–Trinajstić information content (AvgIpc) is 3.00. The Bertz CT molecular complexity index is 737. The van der Waals surface area contributed by atoms with E-state index in [2.05, 4.69) is 37.0 Å². The molecule has 0 bridgehead atoms. The summed E-state index contributed by atoms with van der Waals surface area (Å²) in [5, 5.41) is 3.43. The van der Waals surface area contributed by atoms with Crippen molar-refractivity contribution in [1.82, 2.24) is 19.5 Å². The monoisotopic (exact) mass is 310 g/mol. The van der Waals surface area contributed by atoms with E-state index in [1.807, 2.05) is 18.2 Å². The average molecular weight is 310 g/mol. The largest absolute Gasteiger partial charge is 0.385 e. The molecule has 0 unspecified atom stereocenters. The third kappa shape index (κ3) is 3.97. The lowest BCUT2D eigenvalue weighted by molar-refractivity contribution is 0.584. The van der Waals surface area contributed by atoms with Gasteiger partial charge in [-0.15, -0.1) is 0 Å². The van der Waals surface area contributed by atoms with E-state index in [1.54, 1.807) is 6.33 Å². The number of hydrogen-bond acceptors (Lipinski definition) is 5. The van der Waals surface area contributed by atoms with Gasteiger partial charge in [0.1, 0.15) is 11.8 Å². The van der Waals surface area contributed by atoms with Crippen molar-refractivity contribution in [3.63, 3.8) is 0 Å². The third-order valence-corrected chi connectivity index (χ3v) is 3.86. The van der Waals surface area contributed by atoms with Crippen molar-refractivity contribution in [3.8, 4) is 0 Å². The Morgan fingerprint density at radius 1 is 0.957 bits per heavy atom. The van der Waals surface area contributed by atoms with Gasteiger partial charge in [0, 0.05) is 18.8 Å². The van der Waals surface area contributed by atoms with Gasteiger partial charge in [-0.25, -0.2) is 15.0 Å². The quantitative estimate of drug-likeness (QED) is 0.625. The van der Waals surface area contributed by atoms with Crippen molar-refractivity contribution >= 4 is 22.7 Å². The fourth-order valence-electron chi connectivity index (χ4n) is 2.61. The number of anilines is 2. The van der Waals surface area contributed by atoms with E-state index < -0.39 is 0 Å². The predicted molar refractivity (Wildman–Crippen MR) is 93.1 cm³/mol. The SMILES string of the molecule is Nc1ncnc2c1ncn2CCCCCCNc1ccccc1. The lowest BCUT2D eigenvalue weighted by atomic mass is 10.2. The Morgan fingerprint density at radius 3 is 2.65 bits per heavy atom. The molecule has 0 radical (unpaired) electrons. The number of nitrogen functional groups attached to an aromatic ring is 1. The number of imidazole rings is 1. The highest BCUT2D eigenvalue weighted by atomic mass is 15.1. The summed E-state index contributed by atoms with van der Waals surface area (Å²) in [6, 6.07) is 10.3. The summed E-state index contributed by atoms with van der Waals surface area (Å²) in [5.74, 6) is 0.445. The topological polar surface area (TPSA) is 81.7 Å². The van der Waals surface area contributed by atoms with Crippen molar-refractivity contribution in [2.75, 3.05) is 17.6 Å². The Labute approximate surface area is 135 Å². The number of aryl methyl sites for hydroxylation is 1. The molecule has 3 rings (SSSR count). The second kappa shape index (κ2) is 7.58. The minimum Gasteiger partial charge on any atom is -0.385 e. The van der Waals surface area contributed by atoms with E-state index in [9.17, 15) is 0 Å². The molecule has 1 aromatic carbocycles. The van der Waals surface area contributed by atoms with Crippen LogP contribution in [0.3, 0.4) is 0 Å². The summed E-state index contributed by atoms with van der Waals surface area (Å²) in [5.41, 5.74) is 8.50. The highest BCUT2D eigenvalue weighted by Crippen LogP contribution is 2.15. The Balaban J connectivity index is 1.36. The van der Waals surface area contributed by atoms with Crippen LogP contribution in [-0.2, 0) is 6.54 Å². The van der Waals surface area contributed by atoms with E-state index in [-0.39, 0.29) is 0 Å². The molecule has 3 aromatic rings. The van der Waals surface area contributed by atoms with Crippen molar-refractivity contribution in [2.24, 2.45) is 0 Å². The summed E-state index contributed by atoms with van der Waals surface area (Å²) in [4.78, 5) is 12.5. The Kier molecular flexibility index (Phi) is 5.03. The van der Waals surface area contributed by atoms with Crippen LogP contribution < -0.4 is 11.1 Å². The number of nitrogens with two attached hydrogens (primary N) is 1. The number of unbranched alkanes of at least 4 members (excludes halogenated alkanes) is 3. The maximum atomic E-state index is 5.79. The van der Waals surface area contributed by atoms with Gasteiger partial charge in [0.2, 0.25) is 0 Å². The third-order valence-electron chi connectivity index (χ3n) is 3.86. The zero-order valence-corrected chi connectivity index (χ0v) is 13.2. The molecule has 0 fully saturated rings. The number of aromatic nitrogens is 4. The molecule has 0 aliphatic heterocycles. The number of fused-ring (bicyclic) bond motifs is 1. The van der Waals surface area contributed by atoms with Gasteiger partial charge >= 0.3 is 0 Å². The summed E-state index contributed by atoms with van der Waals surface area (Å²) >= 11 is 0. The maximum Gasteiger partial charge on any atom is 0.165 e. The molecule has 0 aliphatic rings. The minimum absolute atomic E-state index is 0.445. The first-order valence-electron chi connectivity index (χ1n) is 8.05. The summed E-state index contributed by atoms with van der Waals surface area (Å²) in [6.45, 7) is 1.93. The first-order chi connectivity index (χ1) is 11.3. The van der Waals surface area contributed by atoms with Crippen LogP contribution in [0.4, 0.5) is 11.5 Å². The van der Waals surface area contributed by atoms with Crippen molar-refractivity contribution < 1.29 is 0 Å². The van der Waals surface area contributed by atoms with Crippen LogP contribution in [0, 0.1) is 0 Å². The first kappa shape index (κ1) is 15.3. The van der Waals surface area contributed by atoms with E-state index in [4.69, 9.17) is 5.73 Å². The molecule has 2 aromatic heterocycles. The number of hydrogen-bond donors (Lipinski definition) is 2. The maximum absolute atomic E-state index is 5.79. The smallest absolute Gasteiger partial charge is 0.165 e. The van der Waals surface area contributed by atoms with Gasteiger partial charge in [0.25, 0.3) is 0 Å². The van der Waals surface area contributed by atoms with Crippen LogP contribution >= 0.6 is 0 Å². The number of para-hydroxylation sites is 1. The normalized spacial score (nSPS) is 11.0. The predicted octanol–water partition coefficient (Wildman–Crippen LogP) is 3.08. The molecular weight excluding hydrogens is 288 g/mol. The Hall–Kier alpha value is -2.63. The summed E-state index contributed by atoms with van der Waals surface area (Å²) < 4.78 is 2.05. The van der Waals surface area contributed by atoms with Crippen molar-refractivity contribution in [2.45, 2.75) is 32.2 Å². The van der Waals surface area contributed by atoms with E-state index in [0.717, 1.165) is 25.2 Å². The van der Waals surface area contributed by atoms with Gasteiger partial charge in [-0.1, -0.05) is 31.0 Å². The second-order valence-electron chi connectivity index (χ2n) is 5.58. The van der Waals surface area contributed by atoms with Crippen LogP contribution in [0.15, 0.2) is 43.0 Å². The van der Waals surface area contributed by atoms with Crippen LogP contribution in [-0.4, -0.2) is 26.1 Å². The van der Waals surface area contributed by atoms with Gasteiger partial charge in [0.15, 0.2) is 11.5 Å². The van der Waals surface area contributed by atoms with E-state index in [1.165, 1.54) is 31.3 Å². The molecule has 0 saturated heterocycles. The molecule has 23 heavy (non-hydrogen) atoms.